The average Bonchev–Trinajstić information content (AvgIpc) is 3.18. The van der Waals surface area contributed by atoms with E-state index in [-0.39, 0.29) is 12.5 Å². The highest BCUT2D eigenvalue weighted by molar-refractivity contribution is 7.80. The van der Waals surface area contributed by atoms with Gasteiger partial charge in [0.2, 0.25) is 5.91 Å². The van der Waals surface area contributed by atoms with Crippen molar-refractivity contribution in [2.75, 3.05) is 13.2 Å². The van der Waals surface area contributed by atoms with E-state index in [1.807, 2.05) is 0 Å². The van der Waals surface area contributed by atoms with Crippen molar-refractivity contribution >= 4 is 16.3 Å². The Kier molecular flexibility index (Phi) is 34.0. The molecule has 13 heteroatoms. The number of ether oxygens (including phenoxy) is 2. The van der Waals surface area contributed by atoms with Crippen molar-refractivity contribution in [2.45, 2.75) is 262 Å². The van der Waals surface area contributed by atoms with Gasteiger partial charge in [0.1, 0.15) is 24.4 Å². The first-order chi connectivity index (χ1) is 27.5. The molecule has 7 unspecified atom stereocenters. The summed E-state index contributed by atoms with van der Waals surface area (Å²) in [7, 11) is -5.07. The average molecular weight is 838 g/mol. The zero-order valence-corrected chi connectivity index (χ0v) is 37.0. The minimum Gasteiger partial charge on any atom is -0.394 e. The number of hydrogen-bond acceptors (Lipinski definition) is 10. The predicted molar refractivity (Wildman–Crippen MR) is 227 cm³/mol. The highest BCUT2D eigenvalue weighted by Gasteiger charge is 2.48. The summed E-state index contributed by atoms with van der Waals surface area (Å²) >= 11 is 0. The predicted octanol–water partition coefficient (Wildman–Crippen LogP) is 9.00. The van der Waals surface area contributed by atoms with E-state index >= 15 is 0 Å². The van der Waals surface area contributed by atoms with E-state index in [9.17, 15) is 33.6 Å². The van der Waals surface area contributed by atoms with Crippen LogP contribution in [0.1, 0.15) is 219 Å². The van der Waals surface area contributed by atoms with E-state index in [0.717, 1.165) is 51.4 Å². The van der Waals surface area contributed by atoms with Crippen molar-refractivity contribution in [3.05, 3.63) is 0 Å². The molecule has 0 radical (unpaired) electrons. The standard InChI is InChI=1S/C44H87NO11S/c1-3-5-7-9-11-13-14-15-16-17-18-19-20-21-22-23-24-26-28-30-32-34-40(48)45-37(38(47)33-31-29-27-25-12-10-8-6-4-2)36-54-44-42(50)43(56-57(51,52)53)41(49)39(35-46)55-44/h37-39,41-44,46-47,49-50H,3-36H2,1-2H3,(H,45,48)(H,51,52,53). The van der Waals surface area contributed by atoms with Gasteiger partial charge in [-0.1, -0.05) is 200 Å². The third-order valence-corrected chi connectivity index (χ3v) is 11.9. The SMILES string of the molecule is CCCCCCCCCCCCCCCCCCCCCCCC(=O)NC(COC1OC(CO)C(O)C(OS(=O)(=O)O)C1O)C(O)CCCCCCCCCCC. The largest absolute Gasteiger partial charge is 0.397 e. The molecule has 340 valence electrons. The number of amides is 1. The molecule has 7 atom stereocenters. The topological polar surface area (TPSA) is 192 Å². The zero-order valence-electron chi connectivity index (χ0n) is 36.2. The minimum atomic E-state index is -5.07. The van der Waals surface area contributed by atoms with Crippen molar-refractivity contribution < 1.29 is 51.8 Å². The number of rotatable bonds is 40. The molecule has 0 aliphatic carbocycles. The number of unbranched alkanes of at least 4 members (excludes halogenated alkanes) is 28. The molecule has 1 heterocycles. The van der Waals surface area contributed by atoms with E-state index in [1.165, 1.54) is 141 Å². The second-order valence-corrected chi connectivity index (χ2v) is 17.8. The first-order valence-corrected chi connectivity index (χ1v) is 24.8. The van der Waals surface area contributed by atoms with Gasteiger partial charge in [-0.3, -0.25) is 9.35 Å². The number of nitrogens with one attached hydrogen (secondary N) is 1. The van der Waals surface area contributed by atoms with Crippen LogP contribution < -0.4 is 5.32 Å². The fraction of sp³-hybridized carbons (Fsp3) is 0.977. The van der Waals surface area contributed by atoms with Crippen LogP contribution in [0.5, 0.6) is 0 Å². The summed E-state index contributed by atoms with van der Waals surface area (Å²) in [5.74, 6) is -0.228. The molecule has 0 spiro atoms. The summed E-state index contributed by atoms with van der Waals surface area (Å²) in [6.07, 6.45) is 28.4. The maximum Gasteiger partial charge on any atom is 0.397 e. The summed E-state index contributed by atoms with van der Waals surface area (Å²) in [5, 5.41) is 44.7. The molecule has 1 rings (SSSR count). The molecule has 0 aromatic carbocycles. The second kappa shape index (κ2) is 35.8. The van der Waals surface area contributed by atoms with Gasteiger partial charge < -0.3 is 35.2 Å². The van der Waals surface area contributed by atoms with Crippen LogP contribution >= 0.6 is 0 Å². The minimum absolute atomic E-state index is 0.228. The zero-order chi connectivity index (χ0) is 42.0. The third-order valence-electron chi connectivity index (χ3n) is 11.4. The molecule has 1 aliphatic heterocycles. The lowest BCUT2D eigenvalue weighted by molar-refractivity contribution is -0.298. The maximum absolute atomic E-state index is 13.0. The van der Waals surface area contributed by atoms with Gasteiger partial charge in [0.15, 0.2) is 6.29 Å². The van der Waals surface area contributed by atoms with Crippen LogP contribution in [0.25, 0.3) is 0 Å². The lowest BCUT2D eigenvalue weighted by Gasteiger charge is -2.41. The smallest absolute Gasteiger partial charge is 0.394 e. The summed E-state index contributed by atoms with van der Waals surface area (Å²) in [5.41, 5.74) is 0. The highest BCUT2D eigenvalue weighted by atomic mass is 32.3. The van der Waals surface area contributed by atoms with E-state index < -0.39 is 59.9 Å². The van der Waals surface area contributed by atoms with Gasteiger partial charge in [0.25, 0.3) is 0 Å². The summed E-state index contributed by atoms with van der Waals surface area (Å²) < 4.78 is 47.5. The fourth-order valence-corrected chi connectivity index (χ4v) is 8.26. The van der Waals surface area contributed by atoms with Gasteiger partial charge in [0.05, 0.1) is 25.4 Å². The van der Waals surface area contributed by atoms with Crippen LogP contribution in [0.3, 0.4) is 0 Å². The van der Waals surface area contributed by atoms with E-state index in [1.54, 1.807) is 0 Å². The Balaban J connectivity index is 2.38. The van der Waals surface area contributed by atoms with Gasteiger partial charge in [-0.05, 0) is 12.8 Å². The molecular formula is C44H87NO11S. The second-order valence-electron chi connectivity index (χ2n) is 16.7. The summed E-state index contributed by atoms with van der Waals surface area (Å²) in [4.78, 5) is 13.0. The van der Waals surface area contributed by atoms with Crippen molar-refractivity contribution in [1.82, 2.24) is 5.32 Å². The van der Waals surface area contributed by atoms with Gasteiger partial charge in [-0.15, -0.1) is 0 Å². The van der Waals surface area contributed by atoms with E-state index in [2.05, 4.69) is 23.3 Å². The molecule has 1 saturated heterocycles. The van der Waals surface area contributed by atoms with Crippen LogP contribution in [0.2, 0.25) is 0 Å². The van der Waals surface area contributed by atoms with Gasteiger partial charge in [-0.2, -0.15) is 8.42 Å². The van der Waals surface area contributed by atoms with Gasteiger partial charge in [0, 0.05) is 6.42 Å². The molecule has 12 nitrogen and oxygen atoms in total. The Morgan fingerprint density at radius 3 is 1.40 bits per heavy atom. The highest BCUT2D eigenvalue weighted by Crippen LogP contribution is 2.26. The van der Waals surface area contributed by atoms with Crippen molar-refractivity contribution in [1.29, 1.82) is 0 Å². The summed E-state index contributed by atoms with van der Waals surface area (Å²) in [6.45, 7) is 3.43. The first-order valence-electron chi connectivity index (χ1n) is 23.4. The molecule has 1 aliphatic rings. The van der Waals surface area contributed by atoms with Crippen LogP contribution in [-0.4, -0.2) is 95.4 Å². The van der Waals surface area contributed by atoms with Crippen LogP contribution in [0.15, 0.2) is 0 Å². The molecule has 1 amide bonds. The molecule has 6 N–H and O–H groups in total. The molecule has 0 saturated carbocycles. The Labute approximate surface area is 347 Å². The molecule has 0 aromatic rings. The number of aliphatic hydroxyl groups excluding tert-OH is 4. The lowest BCUT2D eigenvalue weighted by Crippen LogP contribution is -2.61. The number of hydrogen-bond donors (Lipinski definition) is 6. The molecule has 57 heavy (non-hydrogen) atoms. The van der Waals surface area contributed by atoms with Gasteiger partial charge in [-0.25, -0.2) is 4.18 Å². The van der Waals surface area contributed by atoms with E-state index in [4.69, 9.17) is 14.0 Å². The number of carbonyl (C=O) groups is 1. The van der Waals surface area contributed by atoms with Crippen molar-refractivity contribution in [3.8, 4) is 0 Å². The van der Waals surface area contributed by atoms with Gasteiger partial charge >= 0.3 is 10.4 Å². The van der Waals surface area contributed by atoms with E-state index in [0.29, 0.717) is 12.8 Å². The fourth-order valence-electron chi connectivity index (χ4n) is 7.75. The van der Waals surface area contributed by atoms with Crippen LogP contribution in [0, 0.1) is 0 Å². The molecular weight excluding hydrogens is 751 g/mol. The Morgan fingerprint density at radius 2 is 1.02 bits per heavy atom. The molecule has 1 fully saturated rings. The quantitative estimate of drug-likeness (QED) is 0.0255. The normalized spacial score (nSPS) is 21.1. The Bertz CT molecular complexity index is 1040. The van der Waals surface area contributed by atoms with Crippen molar-refractivity contribution in [3.63, 3.8) is 0 Å². The van der Waals surface area contributed by atoms with Crippen LogP contribution in [-0.2, 0) is 28.9 Å². The lowest BCUT2D eigenvalue weighted by atomic mass is 9.99. The van der Waals surface area contributed by atoms with Crippen molar-refractivity contribution in [2.24, 2.45) is 0 Å². The Morgan fingerprint density at radius 1 is 0.632 bits per heavy atom. The molecule has 0 aromatic heterocycles. The first kappa shape index (κ1) is 54.1. The number of carbonyl (C=O) groups excluding carboxylic acids is 1. The molecule has 0 bridgehead atoms. The number of aliphatic hydroxyl groups is 4. The van der Waals surface area contributed by atoms with Crippen LogP contribution in [0.4, 0.5) is 0 Å². The summed E-state index contributed by atoms with van der Waals surface area (Å²) in [6, 6.07) is -0.849. The monoisotopic (exact) mass is 838 g/mol. The third kappa shape index (κ3) is 29.1. The maximum atomic E-state index is 13.0. The Hall–Kier alpha value is -0.900.